The minimum absolute atomic E-state index is 0.347. The van der Waals surface area contributed by atoms with Crippen molar-refractivity contribution in [3.05, 3.63) is 0 Å². The van der Waals surface area contributed by atoms with Crippen LogP contribution >= 0.6 is 0 Å². The van der Waals surface area contributed by atoms with Crippen molar-refractivity contribution in [2.24, 2.45) is 0 Å². The van der Waals surface area contributed by atoms with E-state index in [1.165, 1.54) is 70.8 Å². The van der Waals surface area contributed by atoms with Gasteiger partial charge in [-0.1, -0.05) is 51.9 Å². The summed E-state index contributed by atoms with van der Waals surface area (Å²) >= 11 is 0. The van der Waals surface area contributed by atoms with Crippen molar-refractivity contribution in [2.75, 3.05) is 19.7 Å². The van der Waals surface area contributed by atoms with E-state index in [0.29, 0.717) is 6.61 Å². The van der Waals surface area contributed by atoms with E-state index in [0.717, 1.165) is 19.0 Å². The van der Waals surface area contributed by atoms with Gasteiger partial charge in [-0.05, 0) is 32.2 Å². The molecule has 0 heterocycles. The Kier molecular flexibility index (Phi) is 9.59. The first kappa shape index (κ1) is 16.0. The molecule has 0 aromatic heterocycles. The molecule has 0 saturated heterocycles. The number of rotatable bonds is 12. The van der Waals surface area contributed by atoms with Crippen molar-refractivity contribution in [1.29, 1.82) is 0 Å². The maximum absolute atomic E-state index is 8.95. The number of aliphatic hydroxyl groups excluding tert-OH is 1. The molecule has 0 aromatic carbocycles. The van der Waals surface area contributed by atoms with Crippen LogP contribution in [0.15, 0.2) is 0 Å². The van der Waals surface area contributed by atoms with Crippen molar-refractivity contribution in [3.63, 3.8) is 0 Å². The zero-order valence-corrected chi connectivity index (χ0v) is 12.4. The van der Waals surface area contributed by atoms with Crippen molar-refractivity contribution < 1.29 is 5.11 Å². The first-order valence-corrected chi connectivity index (χ1v) is 8.23. The fraction of sp³-hybridized carbons (Fsp3) is 1.00. The first-order chi connectivity index (χ1) is 8.88. The van der Waals surface area contributed by atoms with E-state index in [2.05, 4.69) is 11.8 Å². The summed E-state index contributed by atoms with van der Waals surface area (Å²) in [6, 6.07) is 0.844. The zero-order valence-electron chi connectivity index (χ0n) is 12.4. The fourth-order valence-electron chi connectivity index (χ4n) is 2.77. The average molecular weight is 255 g/mol. The molecular weight excluding hydrogens is 222 g/mol. The van der Waals surface area contributed by atoms with Crippen molar-refractivity contribution >= 4 is 0 Å². The molecule has 0 bridgehead atoms. The molecule has 0 atom stereocenters. The molecule has 1 saturated carbocycles. The standard InChI is InChI=1S/C16H33NO/c1-2-3-4-5-6-7-8-13-17(14-10-15-18)16-11-9-12-16/h16,18H,2-15H2,1H3. The molecular formula is C16H33NO. The Morgan fingerprint density at radius 2 is 1.50 bits per heavy atom. The third kappa shape index (κ3) is 6.75. The third-order valence-electron chi connectivity index (χ3n) is 4.24. The Bertz CT molecular complexity index is 180. The van der Waals surface area contributed by atoms with Crippen molar-refractivity contribution in [2.45, 2.75) is 83.6 Å². The van der Waals surface area contributed by atoms with E-state index in [1.54, 1.807) is 0 Å². The van der Waals surface area contributed by atoms with Crippen molar-refractivity contribution in [3.8, 4) is 0 Å². The molecule has 108 valence electrons. The highest BCUT2D eigenvalue weighted by molar-refractivity contribution is 4.79. The maximum Gasteiger partial charge on any atom is 0.0443 e. The lowest BCUT2D eigenvalue weighted by atomic mass is 9.91. The summed E-state index contributed by atoms with van der Waals surface area (Å²) in [7, 11) is 0. The van der Waals surface area contributed by atoms with E-state index < -0.39 is 0 Å². The Morgan fingerprint density at radius 3 is 2.06 bits per heavy atom. The number of hydrogen-bond acceptors (Lipinski definition) is 2. The summed E-state index contributed by atoms with van der Waals surface area (Å²) in [6.45, 7) is 4.99. The molecule has 0 unspecified atom stereocenters. The molecule has 2 heteroatoms. The minimum atomic E-state index is 0.347. The Hall–Kier alpha value is -0.0800. The van der Waals surface area contributed by atoms with Crippen LogP contribution in [0.3, 0.4) is 0 Å². The molecule has 1 aliphatic carbocycles. The smallest absolute Gasteiger partial charge is 0.0443 e. The zero-order chi connectivity index (χ0) is 13.1. The van der Waals surface area contributed by atoms with Crippen molar-refractivity contribution in [1.82, 2.24) is 4.90 Å². The van der Waals surface area contributed by atoms with Gasteiger partial charge in [-0.15, -0.1) is 0 Å². The predicted molar refractivity (Wildman–Crippen MR) is 78.9 cm³/mol. The van der Waals surface area contributed by atoms with Crippen LogP contribution in [-0.2, 0) is 0 Å². The number of aliphatic hydroxyl groups is 1. The van der Waals surface area contributed by atoms with E-state index in [9.17, 15) is 0 Å². The molecule has 1 rings (SSSR count). The van der Waals surface area contributed by atoms with Crippen LogP contribution in [0.5, 0.6) is 0 Å². The van der Waals surface area contributed by atoms with Gasteiger partial charge in [0.25, 0.3) is 0 Å². The highest BCUT2D eigenvalue weighted by Gasteiger charge is 2.23. The molecule has 2 nitrogen and oxygen atoms in total. The van der Waals surface area contributed by atoms with Gasteiger partial charge in [0.15, 0.2) is 0 Å². The second-order valence-electron chi connectivity index (χ2n) is 5.82. The number of unbranched alkanes of at least 4 members (excludes halogenated alkanes) is 6. The molecule has 0 radical (unpaired) electrons. The summed E-state index contributed by atoms with van der Waals surface area (Å²) in [5, 5.41) is 8.95. The maximum atomic E-state index is 8.95. The van der Waals surface area contributed by atoms with Gasteiger partial charge < -0.3 is 10.0 Å². The van der Waals surface area contributed by atoms with Crippen LogP contribution in [0.25, 0.3) is 0 Å². The summed E-state index contributed by atoms with van der Waals surface area (Å²) in [5.41, 5.74) is 0. The van der Waals surface area contributed by atoms with Gasteiger partial charge in [0.05, 0.1) is 0 Å². The van der Waals surface area contributed by atoms with Gasteiger partial charge >= 0.3 is 0 Å². The van der Waals surface area contributed by atoms with Gasteiger partial charge in [-0.3, -0.25) is 0 Å². The molecule has 1 aliphatic rings. The summed E-state index contributed by atoms with van der Waals surface area (Å²) < 4.78 is 0. The lowest BCUT2D eigenvalue weighted by Crippen LogP contribution is -2.41. The molecule has 0 spiro atoms. The highest BCUT2D eigenvalue weighted by atomic mass is 16.3. The molecule has 0 amide bonds. The minimum Gasteiger partial charge on any atom is -0.396 e. The van der Waals surface area contributed by atoms with Gasteiger partial charge in [0, 0.05) is 19.2 Å². The second kappa shape index (κ2) is 10.8. The van der Waals surface area contributed by atoms with E-state index in [1.807, 2.05) is 0 Å². The van der Waals surface area contributed by atoms with E-state index in [4.69, 9.17) is 5.11 Å². The largest absolute Gasteiger partial charge is 0.396 e. The van der Waals surface area contributed by atoms with E-state index in [-0.39, 0.29) is 0 Å². The lowest BCUT2D eigenvalue weighted by molar-refractivity contribution is 0.114. The summed E-state index contributed by atoms with van der Waals surface area (Å²) in [4.78, 5) is 2.63. The third-order valence-corrected chi connectivity index (χ3v) is 4.24. The van der Waals surface area contributed by atoms with Gasteiger partial charge in [-0.2, -0.15) is 0 Å². The van der Waals surface area contributed by atoms with Gasteiger partial charge in [0.1, 0.15) is 0 Å². The van der Waals surface area contributed by atoms with Crippen LogP contribution in [0.4, 0.5) is 0 Å². The van der Waals surface area contributed by atoms with Gasteiger partial charge in [-0.25, -0.2) is 0 Å². The number of nitrogens with zero attached hydrogens (tertiary/aromatic N) is 1. The van der Waals surface area contributed by atoms with Crippen LogP contribution in [0.2, 0.25) is 0 Å². The van der Waals surface area contributed by atoms with Crippen LogP contribution in [0, 0.1) is 0 Å². The quantitative estimate of drug-likeness (QED) is 0.533. The molecule has 1 N–H and O–H groups in total. The van der Waals surface area contributed by atoms with Crippen LogP contribution in [-0.4, -0.2) is 35.7 Å². The Labute approximate surface area is 114 Å². The summed E-state index contributed by atoms with van der Waals surface area (Å²) in [6.07, 6.45) is 14.9. The Balaban J connectivity index is 1.98. The molecule has 1 fully saturated rings. The van der Waals surface area contributed by atoms with Crippen LogP contribution in [0.1, 0.15) is 77.6 Å². The number of hydrogen-bond donors (Lipinski definition) is 1. The normalized spacial score (nSPS) is 16.2. The monoisotopic (exact) mass is 255 g/mol. The molecule has 18 heavy (non-hydrogen) atoms. The SMILES string of the molecule is CCCCCCCCCN(CCCO)C1CCC1. The lowest BCUT2D eigenvalue weighted by Gasteiger charge is -2.37. The fourth-order valence-corrected chi connectivity index (χ4v) is 2.77. The molecule has 0 aromatic rings. The first-order valence-electron chi connectivity index (χ1n) is 8.23. The van der Waals surface area contributed by atoms with E-state index >= 15 is 0 Å². The topological polar surface area (TPSA) is 23.5 Å². The molecule has 0 aliphatic heterocycles. The second-order valence-corrected chi connectivity index (χ2v) is 5.82. The van der Waals surface area contributed by atoms with Gasteiger partial charge in [0.2, 0.25) is 0 Å². The predicted octanol–water partition coefficient (Wildman–Crippen LogP) is 3.97. The average Bonchev–Trinajstić information content (AvgIpc) is 2.32. The Morgan fingerprint density at radius 1 is 0.889 bits per heavy atom. The highest BCUT2D eigenvalue weighted by Crippen LogP contribution is 2.25. The summed E-state index contributed by atoms with van der Waals surface area (Å²) in [5.74, 6) is 0. The van der Waals surface area contributed by atoms with Crippen LogP contribution < -0.4 is 0 Å².